The number of hydrogen-bond donors (Lipinski definition) is 2. The molecule has 1 amide bonds. The number of hydrogen-bond acceptors (Lipinski definition) is 4. The topological polar surface area (TPSA) is 62.7 Å². The molecule has 1 atom stereocenters. The predicted octanol–water partition coefficient (Wildman–Crippen LogP) is 1.93. The standard InChI is InChI=1S/C10H11BrClN3O2S/c1-17-3-2-13-10-14-7(9(16)15-10)6-4-5(11)8(12)18-6/h4,7H,2-3H2,1H3,(H2,13,14,15,16). The van der Waals surface area contributed by atoms with Crippen molar-refractivity contribution in [2.45, 2.75) is 6.04 Å². The number of guanidine groups is 1. The van der Waals surface area contributed by atoms with Crippen LogP contribution in [0.1, 0.15) is 10.9 Å². The first kappa shape index (κ1) is 13.8. The number of aliphatic imine (C=N–C) groups is 1. The van der Waals surface area contributed by atoms with Crippen molar-refractivity contribution in [2.75, 3.05) is 20.3 Å². The summed E-state index contributed by atoms with van der Waals surface area (Å²) in [5, 5.41) is 5.70. The van der Waals surface area contributed by atoms with Gasteiger partial charge in [-0.1, -0.05) is 11.6 Å². The Morgan fingerprint density at radius 3 is 3.06 bits per heavy atom. The summed E-state index contributed by atoms with van der Waals surface area (Å²) in [6.45, 7) is 1.02. The molecular formula is C10H11BrClN3O2S. The van der Waals surface area contributed by atoms with E-state index in [9.17, 15) is 4.79 Å². The van der Waals surface area contributed by atoms with E-state index in [4.69, 9.17) is 16.3 Å². The van der Waals surface area contributed by atoms with Crippen molar-refractivity contribution in [3.05, 3.63) is 19.8 Å². The molecule has 1 aromatic rings. The molecular weight excluding hydrogens is 342 g/mol. The summed E-state index contributed by atoms with van der Waals surface area (Å²) in [6.07, 6.45) is 0. The second-order valence-corrected chi connectivity index (χ2v) is 6.10. The molecule has 2 N–H and O–H groups in total. The maximum atomic E-state index is 11.8. The Labute approximate surface area is 122 Å². The van der Waals surface area contributed by atoms with Gasteiger partial charge in [-0.2, -0.15) is 0 Å². The van der Waals surface area contributed by atoms with Gasteiger partial charge in [0, 0.05) is 16.5 Å². The number of methoxy groups -OCH3 is 1. The van der Waals surface area contributed by atoms with Crippen LogP contribution in [0.4, 0.5) is 0 Å². The summed E-state index contributed by atoms with van der Waals surface area (Å²) in [6, 6.07) is 1.41. The number of rotatable bonds is 4. The van der Waals surface area contributed by atoms with Crippen LogP contribution in [-0.4, -0.2) is 32.1 Å². The summed E-state index contributed by atoms with van der Waals surface area (Å²) in [4.78, 5) is 16.8. The van der Waals surface area contributed by atoms with Gasteiger partial charge in [-0.15, -0.1) is 11.3 Å². The molecule has 1 aromatic heterocycles. The summed E-state index contributed by atoms with van der Waals surface area (Å²) in [5.41, 5.74) is 0. The number of ether oxygens (including phenoxy) is 1. The second-order valence-electron chi connectivity index (χ2n) is 3.56. The maximum Gasteiger partial charge on any atom is 0.254 e. The van der Waals surface area contributed by atoms with E-state index in [0.717, 1.165) is 9.35 Å². The number of thiophene rings is 1. The van der Waals surface area contributed by atoms with E-state index in [1.807, 2.05) is 6.07 Å². The first-order chi connectivity index (χ1) is 8.61. The monoisotopic (exact) mass is 351 g/mol. The lowest BCUT2D eigenvalue weighted by Gasteiger charge is -2.03. The van der Waals surface area contributed by atoms with Gasteiger partial charge < -0.3 is 10.1 Å². The van der Waals surface area contributed by atoms with Gasteiger partial charge in [0.15, 0.2) is 5.96 Å². The fourth-order valence-corrected chi connectivity index (χ4v) is 3.25. The summed E-state index contributed by atoms with van der Waals surface area (Å²) >= 11 is 10.6. The van der Waals surface area contributed by atoms with Crippen LogP contribution in [-0.2, 0) is 9.53 Å². The number of nitrogens with one attached hydrogen (secondary N) is 2. The van der Waals surface area contributed by atoms with E-state index in [-0.39, 0.29) is 5.91 Å². The first-order valence-electron chi connectivity index (χ1n) is 5.17. The summed E-state index contributed by atoms with van der Waals surface area (Å²) < 4.78 is 6.31. The zero-order valence-corrected chi connectivity index (χ0v) is 12.7. The average molecular weight is 353 g/mol. The molecule has 0 aliphatic carbocycles. The molecule has 1 fully saturated rings. The lowest BCUT2D eigenvalue weighted by Crippen LogP contribution is -2.26. The summed E-state index contributed by atoms with van der Waals surface area (Å²) in [5.74, 6) is 0.347. The van der Waals surface area contributed by atoms with Crippen LogP contribution in [0.2, 0.25) is 4.34 Å². The van der Waals surface area contributed by atoms with Crippen molar-refractivity contribution in [3.8, 4) is 0 Å². The number of carbonyl (C=O) groups excluding carboxylic acids is 1. The molecule has 1 aliphatic heterocycles. The highest BCUT2D eigenvalue weighted by Gasteiger charge is 2.31. The summed E-state index contributed by atoms with van der Waals surface area (Å²) in [7, 11) is 1.61. The van der Waals surface area contributed by atoms with E-state index in [2.05, 4.69) is 31.6 Å². The van der Waals surface area contributed by atoms with Crippen molar-refractivity contribution in [3.63, 3.8) is 0 Å². The Balaban J connectivity index is 2.07. The Hall–Kier alpha value is -0.630. The van der Waals surface area contributed by atoms with Gasteiger partial charge in [-0.25, -0.2) is 0 Å². The highest BCUT2D eigenvalue weighted by atomic mass is 79.9. The minimum atomic E-state index is -0.430. The molecule has 0 bridgehead atoms. The van der Waals surface area contributed by atoms with Crippen LogP contribution in [0, 0.1) is 0 Å². The molecule has 98 valence electrons. The van der Waals surface area contributed by atoms with Crippen molar-refractivity contribution < 1.29 is 9.53 Å². The van der Waals surface area contributed by atoms with Crippen molar-refractivity contribution in [1.82, 2.24) is 10.6 Å². The third-order valence-corrected chi connectivity index (χ3v) is 4.84. The van der Waals surface area contributed by atoms with Gasteiger partial charge >= 0.3 is 0 Å². The molecule has 0 saturated carbocycles. The van der Waals surface area contributed by atoms with E-state index in [1.54, 1.807) is 7.11 Å². The Kier molecular flexibility index (Phi) is 4.60. The lowest BCUT2D eigenvalue weighted by molar-refractivity contribution is -0.120. The fourth-order valence-electron chi connectivity index (χ4n) is 1.47. The molecule has 1 aliphatic rings. The van der Waals surface area contributed by atoms with Crippen molar-refractivity contribution in [2.24, 2.45) is 4.99 Å². The Bertz CT molecular complexity index is 472. The minimum Gasteiger partial charge on any atom is -0.383 e. The maximum absolute atomic E-state index is 11.8. The molecule has 18 heavy (non-hydrogen) atoms. The van der Waals surface area contributed by atoms with Gasteiger partial charge in [0.05, 0.1) is 13.2 Å². The molecule has 0 aromatic carbocycles. The Morgan fingerprint density at radius 2 is 2.44 bits per heavy atom. The Morgan fingerprint density at radius 1 is 1.67 bits per heavy atom. The van der Waals surface area contributed by atoms with Crippen molar-refractivity contribution in [1.29, 1.82) is 0 Å². The lowest BCUT2D eigenvalue weighted by atomic mass is 10.2. The van der Waals surface area contributed by atoms with E-state index in [1.165, 1.54) is 11.3 Å². The van der Waals surface area contributed by atoms with Crippen LogP contribution in [0.3, 0.4) is 0 Å². The third-order valence-electron chi connectivity index (χ3n) is 2.30. The zero-order chi connectivity index (χ0) is 13.1. The van der Waals surface area contributed by atoms with Crippen molar-refractivity contribution >= 4 is 50.7 Å². The number of halogens is 2. The molecule has 1 saturated heterocycles. The van der Waals surface area contributed by atoms with Gasteiger partial charge in [0.1, 0.15) is 10.4 Å². The highest BCUT2D eigenvalue weighted by Crippen LogP contribution is 2.35. The SMILES string of the molecule is COCCN=C1NC(=O)C(c2cc(Br)c(Cl)s2)N1. The molecule has 2 heterocycles. The van der Waals surface area contributed by atoms with Gasteiger partial charge in [0.2, 0.25) is 0 Å². The number of amides is 1. The zero-order valence-electron chi connectivity index (χ0n) is 9.50. The largest absolute Gasteiger partial charge is 0.383 e. The quantitative estimate of drug-likeness (QED) is 0.814. The van der Waals surface area contributed by atoms with E-state index in [0.29, 0.717) is 23.4 Å². The molecule has 2 rings (SSSR count). The van der Waals surface area contributed by atoms with Crippen LogP contribution < -0.4 is 10.6 Å². The van der Waals surface area contributed by atoms with Gasteiger partial charge in [-0.3, -0.25) is 15.1 Å². The van der Waals surface area contributed by atoms with Crippen LogP contribution in [0.5, 0.6) is 0 Å². The number of nitrogens with zero attached hydrogens (tertiary/aromatic N) is 1. The van der Waals surface area contributed by atoms with Gasteiger partial charge in [-0.05, 0) is 22.0 Å². The second kappa shape index (κ2) is 6.01. The molecule has 0 spiro atoms. The van der Waals surface area contributed by atoms with Crippen LogP contribution in [0.25, 0.3) is 0 Å². The predicted molar refractivity (Wildman–Crippen MR) is 75.2 cm³/mol. The molecule has 0 radical (unpaired) electrons. The van der Waals surface area contributed by atoms with Crippen LogP contribution in [0.15, 0.2) is 15.5 Å². The first-order valence-corrected chi connectivity index (χ1v) is 7.16. The fraction of sp³-hybridized carbons (Fsp3) is 0.400. The normalized spacial score (nSPS) is 21.2. The third kappa shape index (κ3) is 3.03. The van der Waals surface area contributed by atoms with E-state index >= 15 is 0 Å². The smallest absolute Gasteiger partial charge is 0.254 e. The van der Waals surface area contributed by atoms with Crippen LogP contribution >= 0.6 is 38.9 Å². The molecule has 5 nitrogen and oxygen atoms in total. The molecule has 1 unspecified atom stereocenters. The van der Waals surface area contributed by atoms with E-state index < -0.39 is 6.04 Å². The number of carbonyl (C=O) groups is 1. The molecule has 8 heteroatoms. The minimum absolute atomic E-state index is 0.128. The highest BCUT2D eigenvalue weighted by molar-refractivity contribution is 9.10. The van der Waals surface area contributed by atoms with Gasteiger partial charge in [0.25, 0.3) is 5.91 Å². The average Bonchev–Trinajstić information content (AvgIpc) is 2.84.